The molecule has 0 radical (unpaired) electrons. The van der Waals surface area contributed by atoms with Crippen molar-refractivity contribution < 1.29 is 18.3 Å². The summed E-state index contributed by atoms with van der Waals surface area (Å²) >= 11 is 3.22. The van der Waals surface area contributed by atoms with Crippen LogP contribution in [-0.2, 0) is 21.4 Å². The molecule has 0 aliphatic carbocycles. The molecule has 2 N–H and O–H groups in total. The van der Waals surface area contributed by atoms with E-state index in [9.17, 15) is 8.42 Å². The van der Waals surface area contributed by atoms with E-state index in [4.69, 9.17) is 9.84 Å². The monoisotopic (exact) mass is 379 g/mol. The molecule has 0 saturated heterocycles. The Bertz CT molecular complexity index is 546. The molecule has 0 saturated carbocycles. The number of benzene rings is 1. The Morgan fingerprint density at radius 1 is 1.38 bits per heavy atom. The van der Waals surface area contributed by atoms with E-state index in [2.05, 4.69) is 34.5 Å². The third-order valence-electron chi connectivity index (χ3n) is 2.68. The Balaban J connectivity index is 2.54. The second kappa shape index (κ2) is 8.85. The van der Waals surface area contributed by atoms with Crippen LogP contribution in [0.2, 0.25) is 0 Å². The minimum Gasteiger partial charge on any atom is -0.392 e. The van der Waals surface area contributed by atoms with E-state index in [1.807, 2.05) is 0 Å². The predicted octanol–water partition coefficient (Wildman–Crippen LogP) is 2.28. The molecule has 1 aromatic rings. The molecule has 7 heteroatoms. The summed E-state index contributed by atoms with van der Waals surface area (Å²) in [4.78, 5) is 0.136. The van der Waals surface area contributed by atoms with Crippen molar-refractivity contribution in [3.63, 3.8) is 0 Å². The number of sulfonamides is 1. The fourth-order valence-electron chi connectivity index (χ4n) is 1.63. The lowest BCUT2D eigenvalue weighted by atomic mass is 10.2. The summed E-state index contributed by atoms with van der Waals surface area (Å²) in [6.45, 7) is 5.45. The highest BCUT2D eigenvalue weighted by Gasteiger charge is 2.17. The van der Waals surface area contributed by atoms with Crippen molar-refractivity contribution in [2.24, 2.45) is 5.92 Å². The first-order valence-corrected chi connectivity index (χ1v) is 9.11. The fourth-order valence-corrected chi connectivity index (χ4v) is 3.72. The lowest BCUT2D eigenvalue weighted by molar-refractivity contribution is 0.108. The van der Waals surface area contributed by atoms with Crippen molar-refractivity contribution in [2.45, 2.75) is 31.8 Å². The topological polar surface area (TPSA) is 75.6 Å². The van der Waals surface area contributed by atoms with Crippen LogP contribution in [0.25, 0.3) is 0 Å². The molecule has 0 bridgehead atoms. The normalized spacial score (nSPS) is 12.0. The van der Waals surface area contributed by atoms with Gasteiger partial charge in [-0.15, -0.1) is 0 Å². The van der Waals surface area contributed by atoms with Gasteiger partial charge < -0.3 is 9.84 Å². The molecule has 0 aromatic heterocycles. The van der Waals surface area contributed by atoms with Crippen LogP contribution >= 0.6 is 15.9 Å². The zero-order valence-corrected chi connectivity index (χ0v) is 14.7. The number of nitrogens with one attached hydrogen (secondary N) is 1. The minimum atomic E-state index is -3.59. The van der Waals surface area contributed by atoms with Crippen LogP contribution in [0.4, 0.5) is 0 Å². The zero-order chi connectivity index (χ0) is 15.9. The quantitative estimate of drug-likeness (QED) is 0.645. The maximum atomic E-state index is 12.2. The molecular formula is C14H22BrNO4S. The van der Waals surface area contributed by atoms with Gasteiger partial charge in [-0.2, -0.15) is 0 Å². The number of hydrogen-bond acceptors (Lipinski definition) is 4. The van der Waals surface area contributed by atoms with E-state index in [0.29, 0.717) is 42.1 Å². The SMILES string of the molecule is CC(C)COCCCNS(=O)(=O)c1cc(CO)ccc1Br. The van der Waals surface area contributed by atoms with Crippen LogP contribution in [0.3, 0.4) is 0 Å². The molecule has 0 unspecified atom stereocenters. The Hall–Kier alpha value is -0.470. The summed E-state index contributed by atoms with van der Waals surface area (Å²) in [5.74, 6) is 0.471. The molecule has 5 nitrogen and oxygen atoms in total. The van der Waals surface area contributed by atoms with Crippen LogP contribution in [0.1, 0.15) is 25.8 Å². The highest BCUT2D eigenvalue weighted by molar-refractivity contribution is 9.10. The van der Waals surface area contributed by atoms with Gasteiger partial charge in [0.25, 0.3) is 0 Å². The summed E-state index contributed by atoms with van der Waals surface area (Å²) in [7, 11) is -3.59. The standard InChI is InChI=1S/C14H22BrNO4S/c1-11(2)10-20-7-3-6-16-21(18,19)14-8-12(9-17)4-5-13(14)15/h4-5,8,11,16-17H,3,6-7,9-10H2,1-2H3. The van der Waals surface area contributed by atoms with Crippen molar-refractivity contribution in [1.29, 1.82) is 0 Å². The highest BCUT2D eigenvalue weighted by Crippen LogP contribution is 2.23. The van der Waals surface area contributed by atoms with Crippen LogP contribution in [0, 0.1) is 5.92 Å². The molecule has 120 valence electrons. The predicted molar refractivity (Wildman–Crippen MR) is 85.5 cm³/mol. The van der Waals surface area contributed by atoms with Gasteiger partial charge in [0.05, 0.1) is 11.5 Å². The minimum absolute atomic E-state index is 0.136. The molecular weight excluding hydrogens is 358 g/mol. The van der Waals surface area contributed by atoms with Crippen molar-refractivity contribution in [3.8, 4) is 0 Å². The second-order valence-corrected chi connectivity index (χ2v) is 7.73. The van der Waals surface area contributed by atoms with Crippen LogP contribution in [0.5, 0.6) is 0 Å². The molecule has 0 aliphatic rings. The lowest BCUT2D eigenvalue weighted by Gasteiger charge is -2.10. The third kappa shape index (κ3) is 6.44. The summed E-state index contributed by atoms with van der Waals surface area (Å²) in [5.41, 5.74) is 0.554. The number of hydrogen-bond donors (Lipinski definition) is 2. The summed E-state index contributed by atoms with van der Waals surface area (Å²) in [6.07, 6.45) is 0.614. The van der Waals surface area contributed by atoms with Gasteiger partial charge in [-0.1, -0.05) is 19.9 Å². The van der Waals surface area contributed by atoms with Gasteiger partial charge in [-0.3, -0.25) is 0 Å². The van der Waals surface area contributed by atoms with E-state index in [1.165, 1.54) is 6.07 Å². The first-order valence-electron chi connectivity index (χ1n) is 6.83. The van der Waals surface area contributed by atoms with E-state index >= 15 is 0 Å². The highest BCUT2D eigenvalue weighted by atomic mass is 79.9. The first kappa shape index (κ1) is 18.6. The number of aliphatic hydroxyl groups is 1. The van der Waals surface area contributed by atoms with E-state index in [0.717, 1.165) is 0 Å². The summed E-state index contributed by atoms with van der Waals surface area (Å²) < 4.78 is 32.8. The Labute approximate surface area is 134 Å². The van der Waals surface area contributed by atoms with Gasteiger partial charge in [-0.05, 0) is 46.0 Å². The molecule has 0 spiro atoms. The zero-order valence-electron chi connectivity index (χ0n) is 12.3. The van der Waals surface area contributed by atoms with Crippen molar-refractivity contribution in [2.75, 3.05) is 19.8 Å². The van der Waals surface area contributed by atoms with E-state index in [1.54, 1.807) is 12.1 Å². The third-order valence-corrected chi connectivity index (χ3v) is 5.13. The van der Waals surface area contributed by atoms with Crippen molar-refractivity contribution in [3.05, 3.63) is 28.2 Å². The van der Waals surface area contributed by atoms with Crippen LogP contribution < -0.4 is 4.72 Å². The van der Waals surface area contributed by atoms with Gasteiger partial charge in [0, 0.05) is 24.2 Å². The second-order valence-electron chi connectivity index (χ2n) is 5.14. The fraction of sp³-hybridized carbons (Fsp3) is 0.571. The van der Waals surface area contributed by atoms with Gasteiger partial charge in [0.15, 0.2) is 0 Å². The van der Waals surface area contributed by atoms with Crippen molar-refractivity contribution >= 4 is 26.0 Å². The molecule has 0 heterocycles. The summed E-state index contributed by atoms with van der Waals surface area (Å²) in [6, 6.07) is 4.75. The van der Waals surface area contributed by atoms with Crippen LogP contribution in [0.15, 0.2) is 27.6 Å². The Morgan fingerprint density at radius 3 is 2.71 bits per heavy atom. The smallest absolute Gasteiger partial charge is 0.241 e. The molecule has 0 atom stereocenters. The lowest BCUT2D eigenvalue weighted by Crippen LogP contribution is -2.26. The Kier molecular flexibility index (Phi) is 7.83. The van der Waals surface area contributed by atoms with Gasteiger partial charge in [0.2, 0.25) is 10.0 Å². The maximum Gasteiger partial charge on any atom is 0.241 e. The average molecular weight is 380 g/mol. The van der Waals surface area contributed by atoms with Gasteiger partial charge >= 0.3 is 0 Å². The summed E-state index contributed by atoms with van der Waals surface area (Å²) in [5, 5.41) is 9.09. The van der Waals surface area contributed by atoms with Crippen LogP contribution in [-0.4, -0.2) is 33.3 Å². The average Bonchev–Trinajstić information content (AvgIpc) is 2.42. The molecule has 21 heavy (non-hydrogen) atoms. The van der Waals surface area contributed by atoms with Crippen molar-refractivity contribution in [1.82, 2.24) is 4.72 Å². The van der Waals surface area contributed by atoms with E-state index in [-0.39, 0.29) is 11.5 Å². The molecule has 1 aromatic carbocycles. The number of aliphatic hydroxyl groups excluding tert-OH is 1. The number of halogens is 1. The molecule has 0 fully saturated rings. The number of ether oxygens (including phenoxy) is 1. The number of rotatable bonds is 9. The van der Waals surface area contributed by atoms with Gasteiger partial charge in [-0.25, -0.2) is 13.1 Å². The molecule has 0 amide bonds. The first-order chi connectivity index (χ1) is 9.86. The molecule has 1 rings (SSSR count). The Morgan fingerprint density at radius 2 is 2.10 bits per heavy atom. The van der Waals surface area contributed by atoms with E-state index < -0.39 is 10.0 Å². The van der Waals surface area contributed by atoms with Gasteiger partial charge in [0.1, 0.15) is 0 Å². The largest absolute Gasteiger partial charge is 0.392 e. The maximum absolute atomic E-state index is 12.2. The molecule has 0 aliphatic heterocycles.